The fourth-order valence-corrected chi connectivity index (χ4v) is 3.29. The van der Waals surface area contributed by atoms with Crippen LogP contribution in [-0.4, -0.2) is 53.0 Å². The molecule has 0 aliphatic carbocycles. The molecule has 1 aliphatic heterocycles. The van der Waals surface area contributed by atoms with E-state index >= 15 is 0 Å². The molecule has 1 aliphatic rings. The van der Waals surface area contributed by atoms with Crippen molar-refractivity contribution < 1.29 is 9.21 Å². The fraction of sp³-hybridized carbons (Fsp3) is 0.500. The number of hydrogen-bond donors (Lipinski definition) is 1. The number of piperazine rings is 1. The molecule has 1 fully saturated rings. The van der Waals surface area contributed by atoms with Gasteiger partial charge in [0.1, 0.15) is 5.76 Å². The van der Waals surface area contributed by atoms with Crippen LogP contribution in [0.15, 0.2) is 33.7 Å². The highest BCUT2D eigenvalue weighted by molar-refractivity contribution is 7.07. The van der Waals surface area contributed by atoms with E-state index < -0.39 is 0 Å². The number of thiazole rings is 1. The van der Waals surface area contributed by atoms with Crippen molar-refractivity contribution in [3.8, 4) is 0 Å². The number of amides is 2. The molecular formula is C16H22N4O2S. The molecule has 1 saturated heterocycles. The molecule has 3 heterocycles. The second kappa shape index (κ2) is 7.61. The molecule has 0 bridgehead atoms. The number of aromatic nitrogens is 1. The largest absolute Gasteiger partial charge is 0.469 e. The van der Waals surface area contributed by atoms with Gasteiger partial charge in [0.2, 0.25) is 0 Å². The first-order valence-electron chi connectivity index (χ1n) is 7.88. The Labute approximate surface area is 140 Å². The molecule has 0 aromatic carbocycles. The van der Waals surface area contributed by atoms with Crippen molar-refractivity contribution in [2.45, 2.75) is 25.9 Å². The van der Waals surface area contributed by atoms with E-state index in [0.29, 0.717) is 6.42 Å². The third kappa shape index (κ3) is 4.56. The summed E-state index contributed by atoms with van der Waals surface area (Å²) in [7, 11) is 0. The quantitative estimate of drug-likeness (QED) is 0.910. The first-order chi connectivity index (χ1) is 11.2. The molecule has 6 nitrogen and oxygen atoms in total. The molecule has 1 unspecified atom stereocenters. The third-order valence-electron chi connectivity index (χ3n) is 3.99. The van der Waals surface area contributed by atoms with E-state index in [9.17, 15) is 4.79 Å². The topological polar surface area (TPSA) is 61.6 Å². The minimum atomic E-state index is 0.0114. The molecule has 3 rings (SSSR count). The lowest BCUT2D eigenvalue weighted by molar-refractivity contribution is 0.133. The van der Waals surface area contributed by atoms with Gasteiger partial charge in [0.25, 0.3) is 0 Å². The zero-order chi connectivity index (χ0) is 16.1. The van der Waals surface area contributed by atoms with Crippen LogP contribution in [0.5, 0.6) is 0 Å². The van der Waals surface area contributed by atoms with E-state index in [1.165, 1.54) is 0 Å². The van der Waals surface area contributed by atoms with Gasteiger partial charge in [-0.25, -0.2) is 9.78 Å². The lowest BCUT2D eigenvalue weighted by Crippen LogP contribution is -2.53. The van der Waals surface area contributed by atoms with E-state index in [4.69, 9.17) is 4.42 Å². The van der Waals surface area contributed by atoms with Crippen LogP contribution in [0.25, 0.3) is 0 Å². The summed E-state index contributed by atoms with van der Waals surface area (Å²) in [5, 5.41) is 5.12. The minimum Gasteiger partial charge on any atom is -0.469 e. The smallest absolute Gasteiger partial charge is 0.317 e. The molecule has 124 valence electrons. The SMILES string of the molecule is CC(Cc1ccco1)NC(=O)N1CCN(Cc2cscn2)CC1. The molecular weight excluding hydrogens is 312 g/mol. The van der Waals surface area contributed by atoms with Crippen molar-refractivity contribution in [2.75, 3.05) is 26.2 Å². The van der Waals surface area contributed by atoms with Gasteiger partial charge in [-0.15, -0.1) is 11.3 Å². The average Bonchev–Trinajstić information content (AvgIpc) is 3.21. The molecule has 7 heteroatoms. The fourth-order valence-electron chi connectivity index (χ4n) is 2.74. The standard InChI is InChI=1S/C16H22N4O2S/c1-13(9-15-3-2-8-22-15)18-16(21)20-6-4-19(5-7-20)10-14-11-23-12-17-14/h2-3,8,11-13H,4-7,9-10H2,1H3,(H,18,21). The number of carbonyl (C=O) groups is 1. The number of rotatable bonds is 5. The van der Waals surface area contributed by atoms with Gasteiger partial charge < -0.3 is 14.6 Å². The monoisotopic (exact) mass is 334 g/mol. The Morgan fingerprint density at radius 1 is 1.43 bits per heavy atom. The molecule has 2 amide bonds. The summed E-state index contributed by atoms with van der Waals surface area (Å²) in [6, 6.07) is 3.87. The number of nitrogens with one attached hydrogen (secondary N) is 1. The first kappa shape index (κ1) is 16.0. The summed E-state index contributed by atoms with van der Waals surface area (Å²) in [5.74, 6) is 0.894. The second-order valence-electron chi connectivity index (χ2n) is 5.88. The van der Waals surface area contributed by atoms with Crippen LogP contribution in [0.4, 0.5) is 4.79 Å². The van der Waals surface area contributed by atoms with Crippen LogP contribution in [0.1, 0.15) is 18.4 Å². The molecule has 2 aromatic heterocycles. The summed E-state index contributed by atoms with van der Waals surface area (Å²) in [4.78, 5) is 20.9. The van der Waals surface area contributed by atoms with Crippen LogP contribution in [0.3, 0.4) is 0 Å². The second-order valence-corrected chi connectivity index (χ2v) is 6.60. The highest BCUT2D eigenvalue weighted by Crippen LogP contribution is 2.10. The van der Waals surface area contributed by atoms with Crippen molar-refractivity contribution >= 4 is 17.4 Å². The van der Waals surface area contributed by atoms with E-state index in [1.807, 2.05) is 29.5 Å². The first-order valence-corrected chi connectivity index (χ1v) is 8.82. The predicted molar refractivity (Wildman–Crippen MR) is 89.4 cm³/mol. The lowest BCUT2D eigenvalue weighted by atomic mass is 10.2. The molecule has 2 aromatic rings. The number of carbonyl (C=O) groups excluding carboxylic acids is 1. The van der Waals surface area contributed by atoms with E-state index in [1.54, 1.807) is 17.6 Å². The van der Waals surface area contributed by atoms with Gasteiger partial charge in [0.05, 0.1) is 17.5 Å². The van der Waals surface area contributed by atoms with Crippen molar-refractivity contribution in [3.63, 3.8) is 0 Å². The van der Waals surface area contributed by atoms with Crippen molar-refractivity contribution in [3.05, 3.63) is 40.7 Å². The molecule has 0 saturated carbocycles. The number of nitrogens with zero attached hydrogens (tertiary/aromatic N) is 3. The van der Waals surface area contributed by atoms with Gasteiger partial charge in [-0.05, 0) is 19.1 Å². The minimum absolute atomic E-state index is 0.0114. The maximum atomic E-state index is 12.3. The maximum Gasteiger partial charge on any atom is 0.317 e. The van der Waals surface area contributed by atoms with Gasteiger partial charge in [0, 0.05) is 50.6 Å². The molecule has 23 heavy (non-hydrogen) atoms. The highest BCUT2D eigenvalue weighted by atomic mass is 32.1. The normalized spacial score (nSPS) is 17.2. The Balaban J connectivity index is 1.41. The van der Waals surface area contributed by atoms with Crippen LogP contribution >= 0.6 is 11.3 Å². The van der Waals surface area contributed by atoms with Gasteiger partial charge in [-0.1, -0.05) is 0 Å². The number of furan rings is 1. The summed E-state index contributed by atoms with van der Waals surface area (Å²) in [6.45, 7) is 6.15. The van der Waals surface area contributed by atoms with Crippen LogP contribution in [-0.2, 0) is 13.0 Å². The molecule has 0 radical (unpaired) electrons. The van der Waals surface area contributed by atoms with Crippen LogP contribution < -0.4 is 5.32 Å². The summed E-state index contributed by atoms with van der Waals surface area (Å²) < 4.78 is 5.32. The molecule has 1 N–H and O–H groups in total. The zero-order valence-corrected chi connectivity index (χ0v) is 14.1. The van der Waals surface area contributed by atoms with Crippen molar-refractivity contribution in [2.24, 2.45) is 0 Å². The Bertz CT molecular complexity index is 592. The Morgan fingerprint density at radius 2 is 2.26 bits per heavy atom. The van der Waals surface area contributed by atoms with Gasteiger partial charge >= 0.3 is 6.03 Å². The van der Waals surface area contributed by atoms with Crippen molar-refractivity contribution in [1.82, 2.24) is 20.1 Å². The van der Waals surface area contributed by atoms with Crippen LogP contribution in [0.2, 0.25) is 0 Å². The van der Waals surface area contributed by atoms with Gasteiger partial charge in [0.15, 0.2) is 0 Å². The van der Waals surface area contributed by atoms with E-state index in [0.717, 1.165) is 44.2 Å². The Morgan fingerprint density at radius 3 is 2.91 bits per heavy atom. The predicted octanol–water partition coefficient (Wildman–Crippen LogP) is 2.19. The zero-order valence-electron chi connectivity index (χ0n) is 13.3. The van der Waals surface area contributed by atoms with E-state index in [-0.39, 0.29) is 12.1 Å². The summed E-state index contributed by atoms with van der Waals surface area (Å²) in [6.07, 6.45) is 2.37. The van der Waals surface area contributed by atoms with Crippen molar-refractivity contribution in [1.29, 1.82) is 0 Å². The van der Waals surface area contributed by atoms with Gasteiger partial charge in [-0.2, -0.15) is 0 Å². The van der Waals surface area contributed by atoms with E-state index in [2.05, 4.69) is 20.6 Å². The Kier molecular flexibility index (Phi) is 5.30. The highest BCUT2D eigenvalue weighted by Gasteiger charge is 2.22. The number of hydrogen-bond acceptors (Lipinski definition) is 5. The lowest BCUT2D eigenvalue weighted by Gasteiger charge is -2.34. The molecule has 0 spiro atoms. The molecule has 1 atom stereocenters. The summed E-state index contributed by atoms with van der Waals surface area (Å²) in [5.41, 5.74) is 2.97. The van der Waals surface area contributed by atoms with Gasteiger partial charge in [-0.3, -0.25) is 4.90 Å². The number of urea groups is 1. The maximum absolute atomic E-state index is 12.3. The van der Waals surface area contributed by atoms with Crippen LogP contribution in [0, 0.1) is 0 Å². The summed E-state index contributed by atoms with van der Waals surface area (Å²) >= 11 is 1.62. The average molecular weight is 334 g/mol. The third-order valence-corrected chi connectivity index (χ3v) is 4.62. The Hall–Kier alpha value is -1.86.